The third kappa shape index (κ3) is 3.65. The van der Waals surface area contributed by atoms with E-state index in [1.54, 1.807) is 6.07 Å². The molecule has 0 aliphatic rings. The van der Waals surface area contributed by atoms with Crippen LogP contribution in [0.1, 0.15) is 18.1 Å². The van der Waals surface area contributed by atoms with Gasteiger partial charge in [-0.15, -0.1) is 0 Å². The van der Waals surface area contributed by atoms with E-state index < -0.39 is 0 Å². The Hall–Kier alpha value is -2.16. The van der Waals surface area contributed by atoms with Crippen LogP contribution in [-0.4, -0.2) is 16.8 Å². The van der Waals surface area contributed by atoms with E-state index in [1.807, 2.05) is 31.2 Å². The van der Waals surface area contributed by atoms with Crippen LogP contribution in [0, 0.1) is 0 Å². The molecule has 0 aliphatic carbocycles. The summed E-state index contributed by atoms with van der Waals surface area (Å²) in [5.41, 5.74) is 2.19. The van der Waals surface area contributed by atoms with E-state index in [9.17, 15) is 10.2 Å². The normalized spacial score (nSPS) is 10.4. The number of hydrogen-bond acceptors (Lipinski definition) is 3. The predicted octanol–water partition coefficient (Wildman–Crippen LogP) is 3.28. The van der Waals surface area contributed by atoms with Gasteiger partial charge >= 0.3 is 0 Å². The first-order valence-corrected chi connectivity index (χ1v) is 6.41. The van der Waals surface area contributed by atoms with Crippen molar-refractivity contribution in [3.05, 3.63) is 53.6 Å². The lowest BCUT2D eigenvalue weighted by Crippen LogP contribution is -1.94. The molecule has 19 heavy (non-hydrogen) atoms. The summed E-state index contributed by atoms with van der Waals surface area (Å²) >= 11 is 0. The molecule has 0 fully saturated rings. The van der Waals surface area contributed by atoms with Crippen molar-refractivity contribution >= 4 is 0 Å². The molecule has 0 saturated heterocycles. The fraction of sp³-hybridized carbons (Fsp3) is 0.250. The standard InChI is InChI=1S/C16H18O3/c1-2-19-14-5-3-4-12(10-14)6-7-13-8-9-15(17)16(18)11-13/h3-5,8-11,17-18H,2,6-7H2,1H3. The number of benzene rings is 2. The molecular formula is C16H18O3. The molecule has 100 valence electrons. The van der Waals surface area contributed by atoms with E-state index in [1.165, 1.54) is 11.6 Å². The minimum absolute atomic E-state index is 0.0689. The molecule has 2 aromatic carbocycles. The van der Waals surface area contributed by atoms with Crippen LogP contribution in [0.25, 0.3) is 0 Å². The van der Waals surface area contributed by atoms with E-state index in [0.717, 1.165) is 24.2 Å². The number of phenols is 2. The Morgan fingerprint density at radius 1 is 0.895 bits per heavy atom. The van der Waals surface area contributed by atoms with Crippen LogP contribution in [0.5, 0.6) is 17.2 Å². The van der Waals surface area contributed by atoms with Gasteiger partial charge < -0.3 is 14.9 Å². The van der Waals surface area contributed by atoms with Crippen molar-refractivity contribution < 1.29 is 14.9 Å². The van der Waals surface area contributed by atoms with Crippen LogP contribution in [-0.2, 0) is 12.8 Å². The predicted molar refractivity (Wildman–Crippen MR) is 74.8 cm³/mol. The Labute approximate surface area is 113 Å². The zero-order chi connectivity index (χ0) is 13.7. The highest BCUT2D eigenvalue weighted by Crippen LogP contribution is 2.25. The van der Waals surface area contributed by atoms with Gasteiger partial charge in [0.05, 0.1) is 6.61 Å². The smallest absolute Gasteiger partial charge is 0.157 e. The van der Waals surface area contributed by atoms with Crippen LogP contribution in [0.4, 0.5) is 0 Å². The minimum Gasteiger partial charge on any atom is -0.504 e. The number of aryl methyl sites for hydroxylation is 2. The highest BCUT2D eigenvalue weighted by atomic mass is 16.5. The Bertz CT molecular complexity index is 549. The molecule has 0 amide bonds. The molecule has 0 bridgehead atoms. The summed E-state index contributed by atoms with van der Waals surface area (Å²) < 4.78 is 5.46. The SMILES string of the molecule is CCOc1cccc(CCc2ccc(O)c(O)c2)c1. The maximum Gasteiger partial charge on any atom is 0.157 e. The van der Waals surface area contributed by atoms with Crippen molar-refractivity contribution in [2.45, 2.75) is 19.8 Å². The van der Waals surface area contributed by atoms with Gasteiger partial charge in [0.25, 0.3) is 0 Å². The molecule has 3 nitrogen and oxygen atoms in total. The van der Waals surface area contributed by atoms with Crippen molar-refractivity contribution in [1.82, 2.24) is 0 Å². The average molecular weight is 258 g/mol. The summed E-state index contributed by atoms with van der Waals surface area (Å²) in [5.74, 6) is 0.733. The van der Waals surface area contributed by atoms with Crippen molar-refractivity contribution in [2.24, 2.45) is 0 Å². The Morgan fingerprint density at radius 3 is 2.32 bits per heavy atom. The molecule has 0 atom stereocenters. The van der Waals surface area contributed by atoms with Gasteiger partial charge in [0.15, 0.2) is 11.5 Å². The quantitative estimate of drug-likeness (QED) is 0.809. The van der Waals surface area contributed by atoms with Gasteiger partial charge in [-0.05, 0) is 55.2 Å². The molecule has 0 radical (unpaired) electrons. The fourth-order valence-electron chi connectivity index (χ4n) is 1.97. The van der Waals surface area contributed by atoms with Crippen LogP contribution < -0.4 is 4.74 Å². The summed E-state index contributed by atoms with van der Waals surface area (Å²) in [4.78, 5) is 0. The zero-order valence-corrected chi connectivity index (χ0v) is 11.0. The first-order chi connectivity index (χ1) is 9.19. The van der Waals surface area contributed by atoms with E-state index in [0.29, 0.717) is 6.61 Å². The van der Waals surface area contributed by atoms with Crippen LogP contribution >= 0.6 is 0 Å². The second-order valence-corrected chi connectivity index (χ2v) is 4.40. The van der Waals surface area contributed by atoms with Crippen LogP contribution in [0.3, 0.4) is 0 Å². The van der Waals surface area contributed by atoms with Crippen molar-refractivity contribution in [2.75, 3.05) is 6.61 Å². The van der Waals surface area contributed by atoms with Gasteiger partial charge in [0.1, 0.15) is 5.75 Å². The summed E-state index contributed by atoms with van der Waals surface area (Å²) in [6.45, 7) is 2.63. The molecule has 2 aromatic rings. The molecule has 0 spiro atoms. The second kappa shape index (κ2) is 6.14. The van der Waals surface area contributed by atoms with E-state index in [4.69, 9.17) is 4.74 Å². The lowest BCUT2D eigenvalue weighted by Gasteiger charge is -2.07. The Kier molecular flexibility index (Phi) is 4.29. The third-order valence-electron chi connectivity index (χ3n) is 2.95. The number of aromatic hydroxyl groups is 2. The van der Waals surface area contributed by atoms with Gasteiger partial charge in [-0.25, -0.2) is 0 Å². The van der Waals surface area contributed by atoms with Crippen molar-refractivity contribution in [1.29, 1.82) is 0 Å². The highest BCUT2D eigenvalue weighted by molar-refractivity contribution is 5.41. The summed E-state index contributed by atoms with van der Waals surface area (Å²) in [6.07, 6.45) is 1.68. The molecule has 0 aromatic heterocycles. The van der Waals surface area contributed by atoms with Gasteiger partial charge in [-0.1, -0.05) is 18.2 Å². The molecule has 0 unspecified atom stereocenters. The molecule has 3 heteroatoms. The summed E-state index contributed by atoms with van der Waals surface area (Å²) in [6, 6.07) is 12.9. The first kappa shape index (κ1) is 13.3. The van der Waals surface area contributed by atoms with Crippen molar-refractivity contribution in [3.8, 4) is 17.2 Å². The van der Waals surface area contributed by atoms with Gasteiger partial charge in [-0.2, -0.15) is 0 Å². The number of rotatable bonds is 5. The summed E-state index contributed by atoms with van der Waals surface area (Å²) in [7, 11) is 0. The van der Waals surface area contributed by atoms with Crippen molar-refractivity contribution in [3.63, 3.8) is 0 Å². The molecule has 0 aliphatic heterocycles. The van der Waals surface area contributed by atoms with E-state index in [2.05, 4.69) is 6.07 Å². The van der Waals surface area contributed by atoms with E-state index in [-0.39, 0.29) is 11.5 Å². The van der Waals surface area contributed by atoms with E-state index >= 15 is 0 Å². The Balaban J connectivity index is 2.01. The maximum atomic E-state index is 9.44. The zero-order valence-electron chi connectivity index (χ0n) is 11.0. The Morgan fingerprint density at radius 2 is 1.63 bits per heavy atom. The van der Waals surface area contributed by atoms with Gasteiger partial charge in [0.2, 0.25) is 0 Å². The third-order valence-corrected chi connectivity index (χ3v) is 2.95. The summed E-state index contributed by atoms with van der Waals surface area (Å²) in [5, 5.41) is 18.7. The number of phenolic OH excluding ortho intramolecular Hbond substituents is 2. The highest BCUT2D eigenvalue weighted by Gasteiger charge is 2.02. The molecule has 2 N–H and O–H groups in total. The topological polar surface area (TPSA) is 49.7 Å². The largest absolute Gasteiger partial charge is 0.504 e. The monoisotopic (exact) mass is 258 g/mol. The molecule has 2 rings (SSSR count). The maximum absolute atomic E-state index is 9.44. The van der Waals surface area contributed by atoms with Crippen LogP contribution in [0.15, 0.2) is 42.5 Å². The fourth-order valence-corrected chi connectivity index (χ4v) is 1.97. The number of ether oxygens (including phenoxy) is 1. The average Bonchev–Trinajstić information content (AvgIpc) is 2.41. The first-order valence-electron chi connectivity index (χ1n) is 6.41. The molecule has 0 heterocycles. The minimum atomic E-state index is -0.0814. The molecular weight excluding hydrogens is 240 g/mol. The lowest BCUT2D eigenvalue weighted by molar-refractivity contribution is 0.340. The number of hydrogen-bond donors (Lipinski definition) is 2. The second-order valence-electron chi connectivity index (χ2n) is 4.40. The molecule has 0 saturated carbocycles. The van der Waals surface area contributed by atoms with Crippen LogP contribution in [0.2, 0.25) is 0 Å². The van der Waals surface area contributed by atoms with Gasteiger partial charge in [-0.3, -0.25) is 0 Å². The van der Waals surface area contributed by atoms with Gasteiger partial charge in [0, 0.05) is 0 Å². The lowest BCUT2D eigenvalue weighted by atomic mass is 10.0.